The van der Waals surface area contributed by atoms with Crippen LogP contribution in [-0.4, -0.2) is 20.0 Å². The molecular weight excluding hydrogens is 257 g/mol. The predicted molar refractivity (Wildman–Crippen MR) is 64.7 cm³/mol. The predicted octanol–water partition coefficient (Wildman–Crippen LogP) is 1.81. The van der Waals surface area contributed by atoms with Crippen LogP contribution in [0.5, 0.6) is 0 Å². The number of halogens is 1. The number of hydrogen-bond acceptors (Lipinski definition) is 3. The second-order valence-corrected chi connectivity index (χ2v) is 6.22. The molecule has 96 valence electrons. The van der Waals surface area contributed by atoms with Gasteiger partial charge >= 0.3 is 5.97 Å². The Kier molecular flexibility index (Phi) is 4.19. The molecule has 0 spiro atoms. The van der Waals surface area contributed by atoms with Gasteiger partial charge in [-0.15, -0.1) is 0 Å². The smallest absolute Gasteiger partial charge is 0.321 e. The van der Waals surface area contributed by atoms with Crippen LogP contribution >= 0.6 is 0 Å². The molecule has 0 aliphatic carbocycles. The third-order valence-electron chi connectivity index (χ3n) is 2.55. The maximum Gasteiger partial charge on any atom is 0.321 e. The van der Waals surface area contributed by atoms with Crippen molar-refractivity contribution in [1.82, 2.24) is 0 Å². The van der Waals surface area contributed by atoms with E-state index in [-0.39, 0.29) is 16.9 Å². The number of hydrogen-bond donors (Lipinski definition) is 1. The first-order valence-corrected chi connectivity index (χ1v) is 6.41. The molecule has 0 fully saturated rings. The van der Waals surface area contributed by atoms with Crippen LogP contribution in [-0.2, 0) is 21.3 Å². The topological polar surface area (TPSA) is 78.2 Å². The fourth-order valence-corrected chi connectivity index (χ4v) is 2.23. The molecule has 0 heterocycles. The Balaban J connectivity index is 3.02. The highest BCUT2D eigenvalue weighted by Gasteiger charge is 2.34. The Labute approximate surface area is 107 Å². The van der Waals surface area contributed by atoms with Crippen LogP contribution in [0.1, 0.15) is 25.0 Å². The lowest BCUT2D eigenvalue weighted by Gasteiger charge is -2.18. The monoisotopic (exact) mass is 269 g/mol. The highest BCUT2D eigenvalue weighted by molar-refractivity contribution is 7.86. The van der Waals surface area contributed by atoms with Crippen molar-refractivity contribution in [2.24, 2.45) is 0 Å². The van der Waals surface area contributed by atoms with Crippen molar-refractivity contribution in [2.45, 2.75) is 24.3 Å². The van der Waals surface area contributed by atoms with Gasteiger partial charge < -0.3 is 5.11 Å². The van der Waals surface area contributed by atoms with Crippen molar-refractivity contribution in [1.29, 1.82) is 5.26 Å². The molecule has 0 aliphatic rings. The zero-order valence-electron chi connectivity index (χ0n) is 9.94. The number of rotatable bonds is 4. The molecule has 1 aromatic rings. The Morgan fingerprint density at radius 2 is 2.17 bits per heavy atom. The van der Waals surface area contributed by atoms with Crippen LogP contribution < -0.4 is 0 Å². The number of benzene rings is 1. The molecule has 0 saturated carbocycles. The molecule has 0 bridgehead atoms. The lowest BCUT2D eigenvalue weighted by molar-refractivity contribution is -0.139. The van der Waals surface area contributed by atoms with Crippen molar-refractivity contribution < 1.29 is 18.5 Å². The van der Waals surface area contributed by atoms with Crippen LogP contribution in [0.15, 0.2) is 18.2 Å². The summed E-state index contributed by atoms with van der Waals surface area (Å²) in [5.74, 6) is -2.04. The SMILES string of the molecule is CC(C)(C(=O)O)S(=O)Cc1cc(C#N)ccc1F. The summed E-state index contributed by atoms with van der Waals surface area (Å²) in [7, 11) is -1.78. The summed E-state index contributed by atoms with van der Waals surface area (Å²) in [6, 6.07) is 5.55. The number of carboxylic acids is 1. The van der Waals surface area contributed by atoms with E-state index in [1.807, 2.05) is 6.07 Å². The molecule has 0 aromatic heterocycles. The Hall–Kier alpha value is -1.74. The van der Waals surface area contributed by atoms with Gasteiger partial charge in [-0.05, 0) is 32.0 Å². The maximum absolute atomic E-state index is 13.5. The fraction of sp³-hybridized carbons (Fsp3) is 0.333. The average molecular weight is 269 g/mol. The number of carboxylic acid groups (broad SMARTS) is 1. The molecular formula is C12H12FNO3S. The lowest BCUT2D eigenvalue weighted by atomic mass is 10.1. The number of nitrogens with zero attached hydrogens (tertiary/aromatic N) is 1. The van der Waals surface area contributed by atoms with E-state index in [1.165, 1.54) is 26.0 Å². The van der Waals surface area contributed by atoms with Gasteiger partial charge in [0.1, 0.15) is 10.6 Å². The normalized spacial score (nSPS) is 12.8. The Morgan fingerprint density at radius 3 is 2.67 bits per heavy atom. The third-order valence-corrected chi connectivity index (χ3v) is 4.43. The van der Waals surface area contributed by atoms with E-state index in [2.05, 4.69) is 0 Å². The molecule has 1 N–H and O–H groups in total. The molecule has 0 amide bonds. The number of aliphatic carboxylic acids is 1. The Morgan fingerprint density at radius 1 is 1.56 bits per heavy atom. The van der Waals surface area contributed by atoms with E-state index in [0.717, 1.165) is 6.07 Å². The van der Waals surface area contributed by atoms with Gasteiger partial charge in [0.25, 0.3) is 0 Å². The van der Waals surface area contributed by atoms with Gasteiger partial charge in [-0.3, -0.25) is 9.00 Å². The van der Waals surface area contributed by atoms with Crippen molar-refractivity contribution >= 4 is 16.8 Å². The van der Waals surface area contributed by atoms with Crippen LogP contribution in [0.3, 0.4) is 0 Å². The zero-order chi connectivity index (χ0) is 13.9. The van der Waals surface area contributed by atoms with Crippen LogP contribution in [0.2, 0.25) is 0 Å². The highest BCUT2D eigenvalue weighted by atomic mass is 32.2. The van der Waals surface area contributed by atoms with Crippen molar-refractivity contribution in [2.75, 3.05) is 0 Å². The van der Waals surface area contributed by atoms with E-state index in [1.54, 1.807) is 0 Å². The molecule has 1 aromatic carbocycles. The largest absolute Gasteiger partial charge is 0.480 e. The quantitative estimate of drug-likeness (QED) is 0.904. The molecule has 0 saturated heterocycles. The van der Waals surface area contributed by atoms with E-state index < -0.39 is 27.3 Å². The molecule has 1 atom stereocenters. The summed E-state index contributed by atoms with van der Waals surface area (Å²) in [6.45, 7) is 2.63. The standard InChI is InChI=1S/C12H12FNO3S/c1-12(2,11(15)16)18(17)7-9-5-8(6-14)3-4-10(9)13/h3-5H,7H2,1-2H3,(H,15,16). The average Bonchev–Trinajstić information content (AvgIpc) is 2.31. The molecule has 0 aliphatic heterocycles. The molecule has 18 heavy (non-hydrogen) atoms. The van der Waals surface area contributed by atoms with Gasteiger partial charge in [0.2, 0.25) is 0 Å². The maximum atomic E-state index is 13.5. The second kappa shape index (κ2) is 5.27. The van der Waals surface area contributed by atoms with Crippen LogP contribution in [0.4, 0.5) is 4.39 Å². The molecule has 6 heteroatoms. The summed E-state index contributed by atoms with van der Waals surface area (Å²) in [4.78, 5) is 10.9. The van der Waals surface area contributed by atoms with E-state index in [9.17, 15) is 13.4 Å². The highest BCUT2D eigenvalue weighted by Crippen LogP contribution is 2.20. The molecule has 1 unspecified atom stereocenters. The van der Waals surface area contributed by atoms with E-state index in [0.29, 0.717) is 0 Å². The van der Waals surface area contributed by atoms with Crippen molar-refractivity contribution in [3.8, 4) is 6.07 Å². The number of carbonyl (C=O) groups is 1. The van der Waals surface area contributed by atoms with Gasteiger partial charge in [0, 0.05) is 16.4 Å². The van der Waals surface area contributed by atoms with Crippen LogP contribution in [0.25, 0.3) is 0 Å². The van der Waals surface area contributed by atoms with E-state index >= 15 is 0 Å². The number of nitriles is 1. The molecule has 0 radical (unpaired) electrons. The minimum Gasteiger partial charge on any atom is -0.480 e. The zero-order valence-corrected chi connectivity index (χ0v) is 10.8. The van der Waals surface area contributed by atoms with Gasteiger partial charge in [-0.25, -0.2) is 4.39 Å². The van der Waals surface area contributed by atoms with Gasteiger partial charge in [0.05, 0.1) is 17.4 Å². The van der Waals surface area contributed by atoms with Gasteiger partial charge in [-0.2, -0.15) is 5.26 Å². The summed E-state index contributed by atoms with van der Waals surface area (Å²) in [6.07, 6.45) is 0. The minimum atomic E-state index is -1.78. The second-order valence-electron chi connectivity index (χ2n) is 4.22. The van der Waals surface area contributed by atoms with E-state index in [4.69, 9.17) is 10.4 Å². The van der Waals surface area contributed by atoms with Crippen LogP contribution in [0, 0.1) is 17.1 Å². The van der Waals surface area contributed by atoms with Crippen molar-refractivity contribution in [3.05, 3.63) is 35.1 Å². The molecule has 1 rings (SSSR count). The Bertz CT molecular complexity index is 549. The summed E-state index contributed by atoms with van der Waals surface area (Å²) < 4.78 is 23.9. The minimum absolute atomic E-state index is 0.0849. The first-order chi connectivity index (χ1) is 8.28. The lowest BCUT2D eigenvalue weighted by Crippen LogP contribution is -2.37. The van der Waals surface area contributed by atoms with Crippen molar-refractivity contribution in [3.63, 3.8) is 0 Å². The first-order valence-electron chi connectivity index (χ1n) is 5.09. The summed E-state index contributed by atoms with van der Waals surface area (Å²) >= 11 is 0. The summed E-state index contributed by atoms with van der Waals surface area (Å²) in [5, 5.41) is 17.6. The third kappa shape index (κ3) is 2.93. The summed E-state index contributed by atoms with van der Waals surface area (Å²) in [5.41, 5.74) is 0.332. The van der Waals surface area contributed by atoms with Gasteiger partial charge in [-0.1, -0.05) is 0 Å². The first kappa shape index (κ1) is 14.3. The molecule has 4 nitrogen and oxygen atoms in total. The van der Waals surface area contributed by atoms with Gasteiger partial charge in [0.15, 0.2) is 0 Å². The fourth-order valence-electron chi connectivity index (χ4n) is 1.17.